The fourth-order valence-electron chi connectivity index (χ4n) is 4.09. The average molecular weight is 525 g/mol. The van der Waals surface area contributed by atoms with Crippen LogP contribution in [0.15, 0.2) is 60.7 Å². The minimum atomic E-state index is -4.80. The van der Waals surface area contributed by atoms with Crippen molar-refractivity contribution in [3.8, 4) is 34.2 Å². The van der Waals surface area contributed by atoms with Crippen LogP contribution in [0.1, 0.15) is 28.9 Å². The van der Waals surface area contributed by atoms with Gasteiger partial charge in [-0.05, 0) is 50.2 Å². The van der Waals surface area contributed by atoms with Gasteiger partial charge in [0, 0.05) is 16.7 Å². The molecule has 3 heterocycles. The number of nitrogens with zero attached hydrogens (tertiary/aromatic N) is 5. The Kier molecular flexibility index (Phi) is 6.29. The van der Waals surface area contributed by atoms with E-state index in [-0.39, 0.29) is 33.7 Å². The number of alkyl halides is 5. The summed E-state index contributed by atoms with van der Waals surface area (Å²) in [5, 5.41) is 4.28. The molecule has 0 unspecified atom stereocenters. The first-order chi connectivity index (χ1) is 18.0. The third-order valence-corrected chi connectivity index (χ3v) is 6.01. The van der Waals surface area contributed by atoms with Crippen molar-refractivity contribution in [2.24, 2.45) is 0 Å². The van der Waals surface area contributed by atoms with Crippen LogP contribution in [0.25, 0.3) is 39.5 Å². The normalized spacial score (nSPS) is 11.9. The Morgan fingerprint density at radius 2 is 1.42 bits per heavy atom. The topological polar surface area (TPSA) is 65.7 Å². The van der Waals surface area contributed by atoms with Crippen molar-refractivity contribution >= 4 is 11.0 Å². The van der Waals surface area contributed by atoms with Crippen LogP contribution in [0.5, 0.6) is 5.75 Å². The molecule has 0 bridgehead atoms. The highest BCUT2D eigenvalue weighted by molar-refractivity contribution is 5.86. The molecular formula is C27H20F5N5O. The lowest BCUT2D eigenvalue weighted by molar-refractivity contribution is -0.141. The maximum absolute atomic E-state index is 14.2. The molecule has 0 saturated carbocycles. The van der Waals surface area contributed by atoms with E-state index < -0.39 is 24.2 Å². The number of ether oxygens (including phenoxy) is 1. The predicted molar refractivity (Wildman–Crippen MR) is 131 cm³/mol. The van der Waals surface area contributed by atoms with E-state index in [1.54, 1.807) is 36.4 Å². The van der Waals surface area contributed by atoms with Gasteiger partial charge in [0.05, 0.1) is 29.6 Å². The summed E-state index contributed by atoms with van der Waals surface area (Å²) >= 11 is 0. The van der Waals surface area contributed by atoms with Gasteiger partial charge in [-0.15, -0.1) is 0 Å². The van der Waals surface area contributed by atoms with Gasteiger partial charge in [0.2, 0.25) is 0 Å². The molecule has 0 amide bonds. The monoisotopic (exact) mass is 525 g/mol. The second-order valence-corrected chi connectivity index (χ2v) is 8.62. The van der Waals surface area contributed by atoms with Crippen molar-refractivity contribution < 1.29 is 26.7 Å². The number of hydrogen-bond acceptors (Lipinski definition) is 5. The Morgan fingerprint density at radius 1 is 0.816 bits per heavy atom. The fraction of sp³-hybridized carbons (Fsp3) is 0.185. The van der Waals surface area contributed by atoms with Gasteiger partial charge in [-0.1, -0.05) is 29.8 Å². The molecule has 6 nitrogen and oxygen atoms in total. The van der Waals surface area contributed by atoms with Crippen molar-refractivity contribution in [1.82, 2.24) is 24.7 Å². The number of hydrogen-bond donors (Lipinski definition) is 0. The van der Waals surface area contributed by atoms with Crippen LogP contribution in [0.2, 0.25) is 0 Å². The first kappa shape index (κ1) is 25.2. The van der Waals surface area contributed by atoms with Crippen LogP contribution in [-0.4, -0.2) is 31.8 Å². The molecule has 0 aliphatic rings. The molecule has 11 heteroatoms. The highest BCUT2D eigenvalue weighted by atomic mass is 19.4. The smallest absolute Gasteiger partial charge is 0.433 e. The van der Waals surface area contributed by atoms with Gasteiger partial charge in [0.15, 0.2) is 11.3 Å². The molecule has 0 atom stereocenters. The lowest BCUT2D eigenvalue weighted by Gasteiger charge is -2.12. The van der Waals surface area contributed by atoms with Crippen molar-refractivity contribution in [2.45, 2.75) is 26.4 Å². The van der Waals surface area contributed by atoms with Crippen LogP contribution in [0.4, 0.5) is 22.0 Å². The number of fused-ring (bicyclic) bond motifs is 1. The van der Waals surface area contributed by atoms with Crippen LogP contribution in [0, 0.1) is 13.8 Å². The minimum absolute atomic E-state index is 0.0304. The molecule has 0 aliphatic heterocycles. The van der Waals surface area contributed by atoms with Gasteiger partial charge in [0.1, 0.15) is 5.75 Å². The molecule has 0 radical (unpaired) electrons. The Morgan fingerprint density at radius 3 is 2.00 bits per heavy atom. The van der Waals surface area contributed by atoms with Gasteiger partial charge in [-0.3, -0.25) is 0 Å². The predicted octanol–water partition coefficient (Wildman–Crippen LogP) is 7.13. The average Bonchev–Trinajstić information content (AvgIpc) is 3.24. The van der Waals surface area contributed by atoms with Crippen molar-refractivity contribution in [1.29, 1.82) is 0 Å². The van der Waals surface area contributed by atoms with Crippen molar-refractivity contribution in [3.05, 3.63) is 83.2 Å². The Labute approximate surface area is 213 Å². The van der Waals surface area contributed by atoms with Crippen LogP contribution in [-0.2, 0) is 6.18 Å². The minimum Gasteiger partial charge on any atom is -0.497 e. The molecule has 0 spiro atoms. The number of aromatic nitrogens is 5. The number of benzene rings is 2. The first-order valence-electron chi connectivity index (χ1n) is 11.4. The summed E-state index contributed by atoms with van der Waals surface area (Å²) in [7, 11) is 1.47. The standard InChI is InChI=1S/C27H20F5N5O/c1-14-4-6-16(7-5-14)20-12-19(24(28)29)23-15(2)36-37(25(23)33-20)26-34-21(13-22(35-26)27(30,31)32)17-8-10-18(38-3)11-9-17/h4-13,24H,1-3H3. The van der Waals surface area contributed by atoms with Crippen LogP contribution < -0.4 is 4.74 Å². The molecule has 5 aromatic rings. The first-order valence-corrected chi connectivity index (χ1v) is 11.4. The number of methoxy groups -OCH3 is 1. The molecule has 2 aromatic carbocycles. The molecule has 5 rings (SSSR count). The largest absolute Gasteiger partial charge is 0.497 e. The van der Waals surface area contributed by atoms with E-state index in [9.17, 15) is 22.0 Å². The third kappa shape index (κ3) is 4.67. The van der Waals surface area contributed by atoms with E-state index in [2.05, 4.69) is 20.1 Å². The van der Waals surface area contributed by atoms with Gasteiger partial charge >= 0.3 is 6.18 Å². The van der Waals surface area contributed by atoms with Gasteiger partial charge in [-0.25, -0.2) is 23.7 Å². The third-order valence-electron chi connectivity index (χ3n) is 6.01. The summed E-state index contributed by atoms with van der Waals surface area (Å²) in [6.07, 6.45) is -7.68. The fourth-order valence-corrected chi connectivity index (χ4v) is 4.09. The highest BCUT2D eigenvalue weighted by Crippen LogP contribution is 2.35. The maximum Gasteiger partial charge on any atom is 0.433 e. The van der Waals surface area contributed by atoms with Gasteiger partial charge < -0.3 is 4.74 Å². The summed E-state index contributed by atoms with van der Waals surface area (Å²) in [5.74, 6) is 0.0673. The quantitative estimate of drug-likeness (QED) is 0.229. The second kappa shape index (κ2) is 9.47. The number of aryl methyl sites for hydroxylation is 2. The van der Waals surface area contributed by atoms with E-state index in [0.717, 1.165) is 16.3 Å². The van der Waals surface area contributed by atoms with E-state index in [0.29, 0.717) is 16.9 Å². The SMILES string of the molecule is COc1ccc(-c2cc(C(F)(F)F)nc(-n3nc(C)c4c(C(F)F)cc(-c5ccc(C)cc5)nc43)n2)cc1. The van der Waals surface area contributed by atoms with Crippen LogP contribution >= 0.6 is 0 Å². The molecular weight excluding hydrogens is 505 g/mol. The molecule has 38 heavy (non-hydrogen) atoms. The number of rotatable bonds is 5. The molecule has 194 valence electrons. The molecule has 0 N–H and O–H groups in total. The summed E-state index contributed by atoms with van der Waals surface area (Å²) in [6, 6.07) is 15.5. The zero-order chi connectivity index (χ0) is 27.2. The zero-order valence-electron chi connectivity index (χ0n) is 20.4. The Hall–Kier alpha value is -4.41. The van der Waals surface area contributed by atoms with Crippen molar-refractivity contribution in [2.75, 3.05) is 7.11 Å². The number of halogens is 5. The number of pyridine rings is 1. The summed E-state index contributed by atoms with van der Waals surface area (Å²) < 4.78 is 76.0. The molecule has 0 fully saturated rings. The Balaban J connectivity index is 1.77. The van der Waals surface area contributed by atoms with E-state index in [4.69, 9.17) is 4.74 Å². The van der Waals surface area contributed by atoms with Gasteiger partial charge in [0.25, 0.3) is 12.4 Å². The van der Waals surface area contributed by atoms with Gasteiger partial charge in [-0.2, -0.15) is 23.0 Å². The molecule has 0 aliphatic carbocycles. The highest BCUT2D eigenvalue weighted by Gasteiger charge is 2.34. The van der Waals surface area contributed by atoms with E-state index in [1.165, 1.54) is 20.1 Å². The Bertz CT molecular complexity index is 1630. The molecule has 0 saturated heterocycles. The summed E-state index contributed by atoms with van der Waals surface area (Å²) in [6.45, 7) is 3.37. The van der Waals surface area contributed by atoms with E-state index >= 15 is 0 Å². The van der Waals surface area contributed by atoms with Crippen LogP contribution in [0.3, 0.4) is 0 Å². The molecule has 3 aromatic heterocycles. The van der Waals surface area contributed by atoms with Crippen molar-refractivity contribution in [3.63, 3.8) is 0 Å². The lowest BCUT2D eigenvalue weighted by atomic mass is 10.0. The summed E-state index contributed by atoms with van der Waals surface area (Å²) in [5.41, 5.74) is 0.624. The summed E-state index contributed by atoms with van der Waals surface area (Å²) in [4.78, 5) is 12.5. The maximum atomic E-state index is 14.2. The zero-order valence-corrected chi connectivity index (χ0v) is 20.4. The van der Waals surface area contributed by atoms with E-state index in [1.807, 2.05) is 19.1 Å². The lowest BCUT2D eigenvalue weighted by Crippen LogP contribution is -2.14. The second-order valence-electron chi connectivity index (χ2n) is 8.62.